The second kappa shape index (κ2) is 8.44. The largest absolute Gasteiger partial charge is 0.373 e. The molecule has 0 saturated heterocycles. The van der Waals surface area contributed by atoms with Crippen molar-refractivity contribution in [3.05, 3.63) is 82.3 Å². The molecule has 1 N–H and O–H groups in total. The summed E-state index contributed by atoms with van der Waals surface area (Å²) in [7, 11) is 1.62. The van der Waals surface area contributed by atoms with Crippen LogP contribution in [0.3, 0.4) is 0 Å². The van der Waals surface area contributed by atoms with E-state index in [0.29, 0.717) is 37.1 Å². The quantitative estimate of drug-likeness (QED) is 0.521. The van der Waals surface area contributed by atoms with E-state index in [1.807, 2.05) is 25.1 Å². The number of ether oxygens (including phenoxy) is 1. The Labute approximate surface area is 189 Å². The average molecular weight is 442 g/mol. The van der Waals surface area contributed by atoms with Crippen LogP contribution in [0.4, 0.5) is 5.82 Å². The lowest BCUT2D eigenvalue weighted by molar-refractivity contribution is 0.0856. The van der Waals surface area contributed by atoms with Crippen LogP contribution in [0, 0.1) is 6.92 Å². The van der Waals surface area contributed by atoms with E-state index in [0.717, 1.165) is 22.5 Å². The molecule has 0 aromatic carbocycles. The minimum absolute atomic E-state index is 0.0260. The number of anilines is 1. The number of aromatic nitrogens is 5. The van der Waals surface area contributed by atoms with Gasteiger partial charge in [0.2, 0.25) is 0 Å². The van der Waals surface area contributed by atoms with Crippen molar-refractivity contribution in [2.45, 2.75) is 20.1 Å². The zero-order chi connectivity index (χ0) is 22.9. The highest BCUT2D eigenvalue weighted by atomic mass is 16.5. The van der Waals surface area contributed by atoms with Crippen LogP contribution in [0.15, 0.2) is 59.8 Å². The van der Waals surface area contributed by atoms with E-state index in [4.69, 9.17) is 4.74 Å². The van der Waals surface area contributed by atoms with Crippen molar-refractivity contribution in [1.29, 1.82) is 0 Å². The summed E-state index contributed by atoms with van der Waals surface area (Å²) < 4.78 is 8.92. The third kappa shape index (κ3) is 4.06. The molecule has 0 aliphatic carbocycles. The van der Waals surface area contributed by atoms with Crippen molar-refractivity contribution in [3.63, 3.8) is 0 Å². The predicted octanol–water partition coefficient (Wildman–Crippen LogP) is 2.80. The Balaban J connectivity index is 1.44. The van der Waals surface area contributed by atoms with Crippen LogP contribution in [0.5, 0.6) is 0 Å². The number of nitrogens with zero attached hydrogens (tertiary/aromatic N) is 5. The molecule has 0 saturated carbocycles. The molecule has 0 bridgehead atoms. The first-order valence-electron chi connectivity index (χ1n) is 10.5. The summed E-state index contributed by atoms with van der Waals surface area (Å²) in [4.78, 5) is 39.1. The van der Waals surface area contributed by atoms with Crippen molar-refractivity contribution in [1.82, 2.24) is 24.1 Å². The molecule has 5 rings (SSSR count). The standard InChI is InChI=1S/C24H22N6O3/c1-15-6-7-16(11-25-15)17-10-19(24(32)29(2)13-17)23(31)28-21-5-3-4-20(27-21)22-26-12-18-14-33-9-8-30(18)22/h3-7,10-13H,8-9,14H2,1-2H3,(H,27,28,31). The van der Waals surface area contributed by atoms with E-state index in [9.17, 15) is 9.59 Å². The lowest BCUT2D eigenvalue weighted by Gasteiger charge is -2.17. The number of hydrogen-bond acceptors (Lipinski definition) is 6. The molecule has 0 unspecified atom stereocenters. The number of aryl methyl sites for hydroxylation is 2. The zero-order valence-corrected chi connectivity index (χ0v) is 18.3. The van der Waals surface area contributed by atoms with Crippen molar-refractivity contribution >= 4 is 11.7 Å². The van der Waals surface area contributed by atoms with Crippen molar-refractivity contribution in [2.75, 3.05) is 11.9 Å². The summed E-state index contributed by atoms with van der Waals surface area (Å²) >= 11 is 0. The summed E-state index contributed by atoms with van der Waals surface area (Å²) in [6.07, 6.45) is 5.18. The molecule has 9 nitrogen and oxygen atoms in total. The molecule has 1 amide bonds. The molecule has 0 atom stereocenters. The normalized spacial score (nSPS) is 12.9. The molecular formula is C24H22N6O3. The highest BCUT2D eigenvalue weighted by molar-refractivity contribution is 6.04. The minimum Gasteiger partial charge on any atom is -0.373 e. The van der Waals surface area contributed by atoms with Gasteiger partial charge in [-0.05, 0) is 31.2 Å². The van der Waals surface area contributed by atoms with Gasteiger partial charge in [-0.2, -0.15) is 0 Å². The Morgan fingerprint density at radius 1 is 1.12 bits per heavy atom. The topological polar surface area (TPSA) is 104 Å². The highest BCUT2D eigenvalue weighted by Gasteiger charge is 2.18. The van der Waals surface area contributed by atoms with Crippen molar-refractivity contribution in [3.8, 4) is 22.6 Å². The maximum Gasteiger partial charge on any atom is 0.263 e. The number of amides is 1. The Bertz CT molecular complexity index is 1400. The third-order valence-electron chi connectivity index (χ3n) is 5.54. The van der Waals surface area contributed by atoms with Crippen LogP contribution >= 0.6 is 0 Å². The number of carbonyl (C=O) groups excluding carboxylic acids is 1. The fourth-order valence-corrected chi connectivity index (χ4v) is 3.80. The molecule has 9 heteroatoms. The number of carbonyl (C=O) groups is 1. The summed E-state index contributed by atoms with van der Waals surface area (Å²) in [6.45, 7) is 3.72. The SMILES string of the molecule is Cc1ccc(-c2cc(C(=O)Nc3cccc(-c4ncc5n4CCOC5)n3)c(=O)n(C)c2)cn1. The van der Waals surface area contributed by atoms with Gasteiger partial charge in [-0.15, -0.1) is 0 Å². The Morgan fingerprint density at radius 3 is 2.82 bits per heavy atom. The second-order valence-corrected chi connectivity index (χ2v) is 7.89. The number of hydrogen-bond donors (Lipinski definition) is 1. The van der Waals surface area contributed by atoms with Crippen LogP contribution in [0.1, 0.15) is 21.7 Å². The molecule has 5 heterocycles. The maximum atomic E-state index is 13.0. The van der Waals surface area contributed by atoms with Gasteiger partial charge in [0, 0.05) is 42.8 Å². The number of pyridine rings is 3. The Kier molecular flexibility index (Phi) is 5.31. The molecule has 166 valence electrons. The van der Waals surface area contributed by atoms with Crippen molar-refractivity contribution < 1.29 is 9.53 Å². The van der Waals surface area contributed by atoms with Gasteiger partial charge < -0.3 is 19.2 Å². The van der Waals surface area contributed by atoms with Crippen molar-refractivity contribution in [2.24, 2.45) is 7.05 Å². The number of rotatable bonds is 4. The molecule has 33 heavy (non-hydrogen) atoms. The lowest BCUT2D eigenvalue weighted by atomic mass is 10.1. The van der Waals surface area contributed by atoms with Crippen LogP contribution in [0.25, 0.3) is 22.6 Å². The summed E-state index contributed by atoms with van der Waals surface area (Å²) in [5.41, 5.74) is 3.68. The molecule has 1 aliphatic heterocycles. The molecular weight excluding hydrogens is 420 g/mol. The van der Waals surface area contributed by atoms with E-state index in [1.54, 1.807) is 43.8 Å². The number of nitrogens with one attached hydrogen (secondary N) is 1. The molecule has 0 fully saturated rings. The fourth-order valence-electron chi connectivity index (χ4n) is 3.80. The molecule has 0 spiro atoms. The van der Waals surface area contributed by atoms with Crippen LogP contribution in [-0.4, -0.2) is 36.6 Å². The smallest absolute Gasteiger partial charge is 0.263 e. The Hall–Kier alpha value is -4.11. The van der Waals surface area contributed by atoms with Crippen LogP contribution in [0.2, 0.25) is 0 Å². The van der Waals surface area contributed by atoms with E-state index in [2.05, 4.69) is 24.8 Å². The first-order chi connectivity index (χ1) is 16.0. The van der Waals surface area contributed by atoms with E-state index >= 15 is 0 Å². The monoisotopic (exact) mass is 442 g/mol. The summed E-state index contributed by atoms with van der Waals surface area (Å²) in [5, 5.41) is 2.76. The minimum atomic E-state index is -0.527. The van der Waals surface area contributed by atoms with Gasteiger partial charge in [0.15, 0.2) is 5.82 Å². The van der Waals surface area contributed by atoms with Crippen LogP contribution < -0.4 is 10.9 Å². The first kappa shape index (κ1) is 20.8. The molecule has 4 aromatic rings. The van der Waals surface area contributed by atoms with E-state index < -0.39 is 11.5 Å². The van der Waals surface area contributed by atoms with Gasteiger partial charge in [0.05, 0.1) is 25.1 Å². The summed E-state index contributed by atoms with van der Waals surface area (Å²) in [5.74, 6) is 0.529. The first-order valence-corrected chi connectivity index (χ1v) is 10.5. The molecule has 1 aliphatic rings. The van der Waals surface area contributed by atoms with Gasteiger partial charge in [0.1, 0.15) is 17.1 Å². The van der Waals surface area contributed by atoms with Gasteiger partial charge in [-0.25, -0.2) is 9.97 Å². The maximum absolute atomic E-state index is 13.0. The molecule has 0 radical (unpaired) electrons. The highest BCUT2D eigenvalue weighted by Crippen LogP contribution is 2.23. The van der Waals surface area contributed by atoms with Gasteiger partial charge in [0.25, 0.3) is 11.5 Å². The molecule has 4 aromatic heterocycles. The van der Waals surface area contributed by atoms with E-state index in [1.165, 1.54) is 4.57 Å². The number of imidazole rings is 1. The summed E-state index contributed by atoms with van der Waals surface area (Å²) in [6, 6.07) is 10.7. The Morgan fingerprint density at radius 2 is 2.00 bits per heavy atom. The predicted molar refractivity (Wildman–Crippen MR) is 123 cm³/mol. The zero-order valence-electron chi connectivity index (χ0n) is 18.3. The van der Waals surface area contributed by atoms with Gasteiger partial charge >= 0.3 is 0 Å². The average Bonchev–Trinajstić information content (AvgIpc) is 3.26. The van der Waals surface area contributed by atoms with Gasteiger partial charge in [-0.1, -0.05) is 12.1 Å². The van der Waals surface area contributed by atoms with Crippen LogP contribution in [-0.2, 0) is 24.9 Å². The van der Waals surface area contributed by atoms with E-state index in [-0.39, 0.29) is 5.56 Å². The lowest BCUT2D eigenvalue weighted by Crippen LogP contribution is -2.27. The number of fused-ring (bicyclic) bond motifs is 1. The fraction of sp³-hybridized carbons (Fsp3) is 0.208. The third-order valence-corrected chi connectivity index (χ3v) is 5.54. The second-order valence-electron chi connectivity index (χ2n) is 7.89. The van der Waals surface area contributed by atoms with Gasteiger partial charge in [-0.3, -0.25) is 14.6 Å².